The Morgan fingerprint density at radius 1 is 1.19 bits per heavy atom. The SMILES string of the molecule is COCCN1C(=O)[C@H]2CN(C)CCN2C12CCN(Cc1cccc(OC(F)F)c1)CC2. The molecule has 0 bridgehead atoms. The van der Waals surface area contributed by atoms with Crippen molar-refractivity contribution in [2.75, 3.05) is 60.0 Å². The first-order valence-electron chi connectivity index (χ1n) is 10.9. The number of methoxy groups -OCH3 is 1. The number of benzene rings is 1. The maximum Gasteiger partial charge on any atom is 0.387 e. The van der Waals surface area contributed by atoms with E-state index in [1.54, 1.807) is 25.3 Å². The van der Waals surface area contributed by atoms with Gasteiger partial charge in [-0.1, -0.05) is 12.1 Å². The number of piperazine rings is 1. The summed E-state index contributed by atoms with van der Waals surface area (Å²) in [5, 5.41) is 0. The van der Waals surface area contributed by atoms with E-state index in [4.69, 9.17) is 4.74 Å². The summed E-state index contributed by atoms with van der Waals surface area (Å²) in [5.41, 5.74) is 0.698. The number of amides is 1. The molecule has 3 heterocycles. The maximum absolute atomic E-state index is 13.3. The summed E-state index contributed by atoms with van der Waals surface area (Å²) in [7, 11) is 3.74. The lowest BCUT2D eigenvalue weighted by molar-refractivity contribution is -0.135. The van der Waals surface area contributed by atoms with Gasteiger partial charge in [0.2, 0.25) is 5.91 Å². The van der Waals surface area contributed by atoms with Gasteiger partial charge in [-0.05, 0) is 37.6 Å². The van der Waals surface area contributed by atoms with Gasteiger partial charge in [0, 0.05) is 52.9 Å². The number of rotatable bonds is 7. The zero-order valence-electron chi connectivity index (χ0n) is 18.3. The third-order valence-corrected chi connectivity index (χ3v) is 6.88. The summed E-state index contributed by atoms with van der Waals surface area (Å²) in [6.45, 7) is 3.31. The second-order valence-electron chi connectivity index (χ2n) is 8.74. The summed E-state index contributed by atoms with van der Waals surface area (Å²) >= 11 is 0. The van der Waals surface area contributed by atoms with Gasteiger partial charge in [-0.3, -0.25) is 14.6 Å². The highest BCUT2D eigenvalue weighted by atomic mass is 19.3. The van der Waals surface area contributed by atoms with Crippen LogP contribution in [0.1, 0.15) is 18.4 Å². The van der Waals surface area contributed by atoms with E-state index < -0.39 is 6.61 Å². The smallest absolute Gasteiger partial charge is 0.387 e. The Morgan fingerprint density at radius 3 is 2.68 bits per heavy atom. The molecule has 1 spiro atoms. The predicted molar refractivity (Wildman–Crippen MR) is 112 cm³/mol. The molecule has 3 aliphatic rings. The number of likely N-dealkylation sites (N-methyl/N-ethyl adjacent to an activating group) is 1. The lowest BCUT2D eigenvalue weighted by atomic mass is 9.93. The van der Waals surface area contributed by atoms with Crippen molar-refractivity contribution < 1.29 is 23.0 Å². The average molecular weight is 439 g/mol. The third kappa shape index (κ3) is 4.55. The molecule has 1 atom stereocenters. The Balaban J connectivity index is 1.45. The maximum atomic E-state index is 13.3. The number of nitrogens with zero attached hydrogens (tertiary/aromatic N) is 4. The number of carbonyl (C=O) groups is 1. The third-order valence-electron chi connectivity index (χ3n) is 6.88. The van der Waals surface area contributed by atoms with E-state index in [0.717, 1.165) is 51.1 Å². The van der Waals surface area contributed by atoms with Gasteiger partial charge in [-0.2, -0.15) is 8.78 Å². The van der Waals surface area contributed by atoms with Crippen LogP contribution in [0.3, 0.4) is 0 Å². The van der Waals surface area contributed by atoms with Crippen LogP contribution in [0, 0.1) is 0 Å². The Bertz CT molecular complexity index is 773. The quantitative estimate of drug-likeness (QED) is 0.646. The minimum Gasteiger partial charge on any atom is -0.435 e. The molecule has 1 aromatic rings. The van der Waals surface area contributed by atoms with Crippen LogP contribution in [0.25, 0.3) is 0 Å². The molecule has 31 heavy (non-hydrogen) atoms. The first kappa shape index (κ1) is 22.4. The number of fused-ring (bicyclic) bond motifs is 2. The van der Waals surface area contributed by atoms with E-state index in [9.17, 15) is 13.6 Å². The molecule has 0 saturated carbocycles. The Labute approximate surface area is 182 Å². The van der Waals surface area contributed by atoms with Crippen LogP contribution >= 0.6 is 0 Å². The van der Waals surface area contributed by atoms with E-state index in [2.05, 4.69) is 31.4 Å². The molecule has 1 amide bonds. The van der Waals surface area contributed by atoms with Gasteiger partial charge >= 0.3 is 6.61 Å². The zero-order valence-corrected chi connectivity index (χ0v) is 18.3. The molecule has 0 aliphatic carbocycles. The number of likely N-dealkylation sites (tertiary alicyclic amines) is 1. The first-order chi connectivity index (χ1) is 14.9. The van der Waals surface area contributed by atoms with Crippen LogP contribution in [0.5, 0.6) is 5.75 Å². The van der Waals surface area contributed by atoms with Crippen LogP contribution < -0.4 is 4.74 Å². The standard InChI is InChI=1S/C22H32F2N4O3/c1-25-10-11-27-19(16-25)20(29)28(12-13-30-2)22(27)6-8-26(9-7-22)15-17-4-3-5-18(14-17)31-21(23)24/h3-5,14,19,21H,6-13,15-16H2,1-2H3/t19-/m1/s1. The van der Waals surface area contributed by atoms with Crippen LogP contribution in [0.15, 0.2) is 24.3 Å². The topological polar surface area (TPSA) is 48.5 Å². The van der Waals surface area contributed by atoms with Gasteiger partial charge in [0.25, 0.3) is 0 Å². The van der Waals surface area contributed by atoms with Crippen molar-refractivity contribution >= 4 is 5.91 Å². The fraction of sp³-hybridized carbons (Fsp3) is 0.682. The van der Waals surface area contributed by atoms with Crippen molar-refractivity contribution in [1.29, 1.82) is 0 Å². The number of piperidine rings is 1. The molecule has 9 heteroatoms. The molecular weight excluding hydrogens is 406 g/mol. The van der Waals surface area contributed by atoms with Gasteiger partial charge in [0.1, 0.15) is 11.8 Å². The predicted octanol–water partition coefficient (Wildman–Crippen LogP) is 1.68. The summed E-state index contributed by atoms with van der Waals surface area (Å²) in [5.74, 6) is 0.405. The van der Waals surface area contributed by atoms with Crippen LogP contribution in [-0.4, -0.2) is 104 Å². The van der Waals surface area contributed by atoms with Crippen molar-refractivity contribution in [2.24, 2.45) is 0 Å². The fourth-order valence-corrected chi connectivity index (χ4v) is 5.37. The highest BCUT2D eigenvalue weighted by Crippen LogP contribution is 2.41. The minimum atomic E-state index is -2.82. The molecule has 3 aliphatic heterocycles. The number of ether oxygens (including phenoxy) is 2. The first-order valence-corrected chi connectivity index (χ1v) is 10.9. The fourth-order valence-electron chi connectivity index (χ4n) is 5.37. The Hall–Kier alpha value is -1.81. The highest BCUT2D eigenvalue weighted by molar-refractivity contribution is 5.85. The number of hydrogen-bond donors (Lipinski definition) is 0. The average Bonchev–Trinajstić information content (AvgIpc) is 2.95. The summed E-state index contributed by atoms with van der Waals surface area (Å²) in [6.07, 6.45) is 1.74. The second-order valence-corrected chi connectivity index (χ2v) is 8.74. The van der Waals surface area contributed by atoms with Crippen molar-refractivity contribution in [1.82, 2.24) is 19.6 Å². The number of alkyl halides is 2. The normalized spacial score (nSPS) is 24.9. The van der Waals surface area contributed by atoms with E-state index in [1.165, 1.54) is 0 Å². The molecule has 0 aromatic heterocycles. The Kier molecular flexibility index (Phi) is 6.76. The van der Waals surface area contributed by atoms with Crippen LogP contribution in [-0.2, 0) is 16.1 Å². The molecule has 0 radical (unpaired) electrons. The van der Waals surface area contributed by atoms with Gasteiger partial charge < -0.3 is 19.3 Å². The van der Waals surface area contributed by atoms with Gasteiger partial charge in [0.05, 0.1) is 12.3 Å². The minimum absolute atomic E-state index is 0.0784. The molecule has 0 N–H and O–H groups in total. The summed E-state index contributed by atoms with van der Waals surface area (Å²) < 4.78 is 34.9. The van der Waals surface area contributed by atoms with E-state index >= 15 is 0 Å². The van der Waals surface area contributed by atoms with E-state index in [1.807, 2.05) is 6.07 Å². The van der Waals surface area contributed by atoms with Gasteiger partial charge in [-0.15, -0.1) is 0 Å². The Morgan fingerprint density at radius 2 is 1.97 bits per heavy atom. The molecular formula is C22H32F2N4O3. The molecule has 3 fully saturated rings. The van der Waals surface area contributed by atoms with Gasteiger partial charge in [0.15, 0.2) is 0 Å². The molecule has 4 rings (SSSR count). The van der Waals surface area contributed by atoms with E-state index in [0.29, 0.717) is 19.7 Å². The summed E-state index contributed by atoms with van der Waals surface area (Å²) in [4.78, 5) is 22.3. The molecule has 1 aromatic carbocycles. The van der Waals surface area contributed by atoms with Crippen molar-refractivity contribution in [3.8, 4) is 5.75 Å². The highest BCUT2D eigenvalue weighted by Gasteiger charge is 2.57. The van der Waals surface area contributed by atoms with Crippen LogP contribution in [0.2, 0.25) is 0 Å². The number of hydrogen-bond acceptors (Lipinski definition) is 6. The number of carbonyl (C=O) groups excluding carboxylic acids is 1. The molecule has 172 valence electrons. The van der Waals surface area contributed by atoms with Crippen molar-refractivity contribution in [3.05, 3.63) is 29.8 Å². The summed E-state index contributed by atoms with van der Waals surface area (Å²) in [6, 6.07) is 6.83. The largest absolute Gasteiger partial charge is 0.435 e. The van der Waals surface area contributed by atoms with Gasteiger partial charge in [-0.25, -0.2) is 0 Å². The molecule has 7 nitrogen and oxygen atoms in total. The van der Waals surface area contributed by atoms with Crippen molar-refractivity contribution in [2.45, 2.75) is 37.7 Å². The van der Waals surface area contributed by atoms with Crippen LogP contribution in [0.4, 0.5) is 8.78 Å². The van der Waals surface area contributed by atoms with E-state index in [-0.39, 0.29) is 23.4 Å². The lowest BCUT2D eigenvalue weighted by Crippen LogP contribution is -2.63. The molecule has 0 unspecified atom stereocenters. The number of halogens is 2. The second kappa shape index (κ2) is 9.36. The lowest BCUT2D eigenvalue weighted by Gasteiger charge is -2.50. The van der Waals surface area contributed by atoms with Crippen molar-refractivity contribution in [3.63, 3.8) is 0 Å². The zero-order chi connectivity index (χ0) is 22.0. The monoisotopic (exact) mass is 438 g/mol. The molecule has 3 saturated heterocycles.